The van der Waals surface area contributed by atoms with Gasteiger partial charge in [-0.3, -0.25) is 14.6 Å². The average molecular weight is 361 g/mol. The lowest BCUT2D eigenvalue weighted by atomic mass is 9.82. The fraction of sp³-hybridized carbons (Fsp3) is 0.600. The van der Waals surface area contributed by atoms with Crippen LogP contribution in [0.2, 0.25) is 0 Å². The molecule has 4 atom stereocenters. The van der Waals surface area contributed by atoms with E-state index in [1.165, 1.54) is 11.8 Å². The number of carbonyl (C=O) groups excluding carboxylic acids is 1. The van der Waals surface area contributed by atoms with Gasteiger partial charge in [-0.15, -0.1) is 0 Å². The number of hydrogen-bond donors (Lipinski definition) is 0. The van der Waals surface area contributed by atoms with Crippen LogP contribution >= 0.6 is 0 Å². The van der Waals surface area contributed by atoms with Crippen LogP contribution in [-0.4, -0.2) is 53.3 Å². The molecule has 2 unspecified atom stereocenters. The molecule has 1 aliphatic carbocycles. The molecule has 2 aliphatic heterocycles. The molecule has 0 spiro atoms. The molecule has 0 saturated carbocycles. The van der Waals surface area contributed by atoms with Crippen LogP contribution in [0.3, 0.4) is 0 Å². The van der Waals surface area contributed by atoms with Gasteiger partial charge in [-0.1, -0.05) is 24.6 Å². The molecule has 140 valence electrons. The van der Waals surface area contributed by atoms with E-state index in [-0.39, 0.29) is 19.6 Å². The van der Waals surface area contributed by atoms with E-state index in [1.54, 1.807) is 18.2 Å². The van der Waals surface area contributed by atoms with Crippen LogP contribution in [-0.2, 0) is 4.79 Å². The van der Waals surface area contributed by atoms with Crippen molar-refractivity contribution in [2.75, 3.05) is 31.1 Å². The highest BCUT2D eigenvalue weighted by atomic mass is 19.2. The first-order valence-corrected chi connectivity index (χ1v) is 9.33. The smallest absolute Gasteiger partial charge is 0.270 e. The number of halogens is 2. The van der Waals surface area contributed by atoms with Crippen molar-refractivity contribution in [3.05, 3.63) is 36.0 Å². The summed E-state index contributed by atoms with van der Waals surface area (Å²) < 4.78 is 31.0. The number of rotatable bonds is 3. The predicted molar refractivity (Wildman–Crippen MR) is 96.4 cm³/mol. The van der Waals surface area contributed by atoms with Gasteiger partial charge in [0.15, 0.2) is 5.67 Å². The molecule has 3 heterocycles. The molecule has 4 nitrogen and oxygen atoms in total. The minimum atomic E-state index is -2.48. The molecule has 2 fully saturated rings. The number of fused-ring (bicyclic) bond motifs is 1. The maximum atomic E-state index is 15.5. The second-order valence-corrected chi connectivity index (χ2v) is 8.19. The summed E-state index contributed by atoms with van der Waals surface area (Å²) in [6, 6.07) is 5.04. The van der Waals surface area contributed by atoms with Gasteiger partial charge in [0, 0.05) is 25.8 Å². The number of hydrogen-bond acceptors (Lipinski definition) is 3. The van der Waals surface area contributed by atoms with Crippen molar-refractivity contribution in [2.45, 2.75) is 38.0 Å². The quantitative estimate of drug-likeness (QED) is 0.776. The monoisotopic (exact) mass is 361 g/mol. The molecule has 26 heavy (non-hydrogen) atoms. The van der Waals surface area contributed by atoms with Crippen LogP contribution in [0.1, 0.15) is 26.7 Å². The van der Waals surface area contributed by atoms with Gasteiger partial charge >= 0.3 is 0 Å². The summed E-state index contributed by atoms with van der Waals surface area (Å²) in [6.07, 6.45) is 5.86. The minimum absolute atomic E-state index is 0.0372. The maximum Gasteiger partial charge on any atom is 0.270 e. The minimum Gasteiger partial charge on any atom is -0.296 e. The zero-order valence-electron chi connectivity index (χ0n) is 15.3. The molecular formula is C20H25F2N3O. The molecule has 1 aromatic rings. The summed E-state index contributed by atoms with van der Waals surface area (Å²) in [5.74, 6) is 0.297. The fourth-order valence-electron chi connectivity index (χ4n) is 4.72. The van der Waals surface area contributed by atoms with Gasteiger partial charge in [-0.05, 0) is 43.7 Å². The highest BCUT2D eigenvalue weighted by Gasteiger charge is 2.71. The van der Waals surface area contributed by atoms with E-state index < -0.39 is 17.2 Å². The number of pyridine rings is 1. The van der Waals surface area contributed by atoms with Crippen molar-refractivity contribution in [1.82, 2.24) is 9.88 Å². The van der Waals surface area contributed by atoms with E-state index in [1.807, 2.05) is 4.90 Å². The van der Waals surface area contributed by atoms with Gasteiger partial charge in [0.05, 0.1) is 6.54 Å². The van der Waals surface area contributed by atoms with Crippen LogP contribution < -0.4 is 4.90 Å². The second-order valence-electron chi connectivity index (χ2n) is 8.19. The Kier molecular flexibility index (Phi) is 4.14. The summed E-state index contributed by atoms with van der Waals surface area (Å²) in [5.41, 5.74) is -3.27. The van der Waals surface area contributed by atoms with Crippen molar-refractivity contribution in [3.63, 3.8) is 0 Å². The zero-order valence-corrected chi connectivity index (χ0v) is 15.3. The number of nitrogens with zero attached hydrogens (tertiary/aromatic N) is 3. The number of likely N-dealkylation sites (tertiary alicyclic amines) is 1. The highest BCUT2D eigenvalue weighted by Crippen LogP contribution is 2.47. The Morgan fingerprint density at radius 2 is 2.08 bits per heavy atom. The normalized spacial score (nSPS) is 37.8. The third-order valence-electron chi connectivity index (χ3n) is 6.24. The molecule has 2 saturated heterocycles. The average Bonchev–Trinajstić information content (AvgIpc) is 2.96. The molecular weight excluding hydrogens is 336 g/mol. The van der Waals surface area contributed by atoms with E-state index >= 15 is 8.78 Å². The van der Waals surface area contributed by atoms with Gasteiger partial charge in [0.2, 0.25) is 5.67 Å². The Morgan fingerprint density at radius 1 is 1.27 bits per heavy atom. The Balaban J connectivity index is 1.50. The molecule has 1 amide bonds. The first kappa shape index (κ1) is 17.6. The van der Waals surface area contributed by atoms with Crippen molar-refractivity contribution in [3.8, 4) is 0 Å². The van der Waals surface area contributed by atoms with E-state index in [0.717, 1.165) is 17.7 Å². The zero-order chi connectivity index (χ0) is 18.5. The van der Waals surface area contributed by atoms with Crippen LogP contribution in [0.4, 0.5) is 14.6 Å². The summed E-state index contributed by atoms with van der Waals surface area (Å²) in [6.45, 7) is 4.45. The molecule has 0 bridgehead atoms. The summed E-state index contributed by atoms with van der Waals surface area (Å²) in [5, 5.41) is 0. The Labute approximate surface area is 152 Å². The summed E-state index contributed by atoms with van der Waals surface area (Å²) >= 11 is 0. The number of anilines is 1. The molecule has 0 radical (unpaired) electrons. The maximum absolute atomic E-state index is 15.5. The van der Waals surface area contributed by atoms with Crippen LogP contribution in [0.25, 0.3) is 0 Å². The second kappa shape index (κ2) is 6.12. The van der Waals surface area contributed by atoms with Crippen LogP contribution in [0, 0.1) is 11.8 Å². The Bertz CT molecular complexity index is 740. The SMILES string of the molecule is CC1=CC(C)C(CN2C[C@]3(F)CN(c4ccccn4)C(=O)[C@]3(F)C2)CC1. The first-order valence-electron chi connectivity index (χ1n) is 9.33. The van der Waals surface area contributed by atoms with Gasteiger partial charge in [0.1, 0.15) is 5.82 Å². The number of alkyl halides is 2. The molecule has 1 aromatic heterocycles. The van der Waals surface area contributed by atoms with Crippen molar-refractivity contribution in [1.29, 1.82) is 0 Å². The Hall–Kier alpha value is -1.82. The topological polar surface area (TPSA) is 36.4 Å². The molecule has 0 N–H and O–H groups in total. The number of carbonyl (C=O) groups is 1. The summed E-state index contributed by atoms with van der Waals surface area (Å²) in [7, 11) is 0. The third kappa shape index (κ3) is 2.66. The molecule has 0 aromatic carbocycles. The predicted octanol–water partition coefficient (Wildman–Crippen LogP) is 3.15. The molecule has 4 rings (SSSR count). The standard InChI is InChI=1S/C20H25F2N3O/c1-14-6-7-16(15(2)9-14)10-24-11-19(21)12-25(17-5-3-4-8-23-17)18(26)20(19,22)13-24/h3-5,8-9,15-16H,6-7,10-13H2,1-2H3/t15?,16?,19-,20+/m0/s1. The fourth-order valence-corrected chi connectivity index (χ4v) is 4.72. The number of aromatic nitrogens is 1. The van der Waals surface area contributed by atoms with Crippen molar-refractivity contribution >= 4 is 11.7 Å². The van der Waals surface area contributed by atoms with Gasteiger partial charge < -0.3 is 0 Å². The van der Waals surface area contributed by atoms with Gasteiger partial charge in [-0.2, -0.15) is 0 Å². The largest absolute Gasteiger partial charge is 0.296 e. The van der Waals surface area contributed by atoms with E-state index in [2.05, 4.69) is 24.9 Å². The van der Waals surface area contributed by atoms with E-state index in [4.69, 9.17) is 0 Å². The molecule has 3 aliphatic rings. The lowest BCUT2D eigenvalue weighted by Crippen LogP contribution is -2.47. The number of amides is 1. The lowest BCUT2D eigenvalue weighted by Gasteiger charge is -2.31. The Morgan fingerprint density at radius 3 is 2.73 bits per heavy atom. The lowest BCUT2D eigenvalue weighted by molar-refractivity contribution is -0.130. The van der Waals surface area contributed by atoms with Gasteiger partial charge in [0.25, 0.3) is 5.91 Å². The molecule has 6 heteroatoms. The van der Waals surface area contributed by atoms with Crippen molar-refractivity contribution in [2.24, 2.45) is 11.8 Å². The van der Waals surface area contributed by atoms with E-state index in [9.17, 15) is 4.79 Å². The van der Waals surface area contributed by atoms with Crippen LogP contribution in [0.5, 0.6) is 0 Å². The highest BCUT2D eigenvalue weighted by molar-refractivity contribution is 6.03. The van der Waals surface area contributed by atoms with Gasteiger partial charge in [-0.25, -0.2) is 13.8 Å². The first-order chi connectivity index (χ1) is 12.3. The number of allylic oxidation sites excluding steroid dienone is 2. The van der Waals surface area contributed by atoms with Crippen LogP contribution in [0.15, 0.2) is 36.0 Å². The summed E-state index contributed by atoms with van der Waals surface area (Å²) in [4.78, 5) is 19.7. The van der Waals surface area contributed by atoms with Crippen molar-refractivity contribution < 1.29 is 13.6 Å². The van der Waals surface area contributed by atoms with E-state index in [0.29, 0.717) is 24.2 Å². The third-order valence-corrected chi connectivity index (χ3v) is 6.24.